The first-order chi connectivity index (χ1) is 6.50. The smallest absolute Gasteiger partial charge is 0.302 e. The summed E-state index contributed by atoms with van der Waals surface area (Å²) in [7, 11) is 0. The van der Waals surface area contributed by atoms with Gasteiger partial charge in [-0.3, -0.25) is 4.79 Å². The van der Waals surface area contributed by atoms with Crippen LogP contribution >= 0.6 is 15.9 Å². The second-order valence-corrected chi connectivity index (χ2v) is 3.83. The van der Waals surface area contributed by atoms with Crippen molar-refractivity contribution < 1.29 is 13.9 Å². The van der Waals surface area contributed by atoms with Gasteiger partial charge in [0.25, 0.3) is 0 Å². The van der Waals surface area contributed by atoms with Gasteiger partial charge in [0.05, 0.1) is 4.47 Å². The Bertz CT molecular complexity index is 363. The Kier molecular flexibility index (Phi) is 3.63. The highest BCUT2D eigenvalue weighted by Crippen LogP contribution is 2.20. The lowest BCUT2D eigenvalue weighted by Gasteiger charge is -2.07. The monoisotopic (exact) mass is 260 g/mol. The molecule has 1 aromatic rings. The van der Waals surface area contributed by atoms with Gasteiger partial charge in [0.15, 0.2) is 0 Å². The number of halogens is 2. The molecule has 0 saturated heterocycles. The normalized spacial score (nSPS) is 10.0. The number of carbonyl (C=O) groups is 1. The van der Waals surface area contributed by atoms with E-state index in [1.54, 1.807) is 13.0 Å². The van der Waals surface area contributed by atoms with Crippen molar-refractivity contribution >= 4 is 21.9 Å². The molecule has 0 spiro atoms. The van der Waals surface area contributed by atoms with E-state index in [1.807, 2.05) is 0 Å². The van der Waals surface area contributed by atoms with Gasteiger partial charge in [-0.2, -0.15) is 0 Å². The van der Waals surface area contributed by atoms with Gasteiger partial charge >= 0.3 is 5.97 Å². The molecule has 4 heteroatoms. The molecule has 0 aliphatic heterocycles. The third kappa shape index (κ3) is 2.80. The molecule has 0 N–H and O–H groups in total. The molecule has 1 rings (SSSR count). The van der Waals surface area contributed by atoms with E-state index < -0.39 is 0 Å². The summed E-state index contributed by atoms with van der Waals surface area (Å²) in [5.41, 5.74) is 1.57. The van der Waals surface area contributed by atoms with Crippen LogP contribution in [0.4, 0.5) is 4.39 Å². The van der Waals surface area contributed by atoms with E-state index in [1.165, 1.54) is 13.0 Å². The SMILES string of the molecule is CC(=O)OCc1cc(Br)c(F)cc1C. The third-order valence-corrected chi connectivity index (χ3v) is 2.42. The average Bonchev–Trinajstić information content (AvgIpc) is 2.09. The molecule has 0 radical (unpaired) electrons. The van der Waals surface area contributed by atoms with Gasteiger partial charge in [-0.05, 0) is 46.1 Å². The van der Waals surface area contributed by atoms with Crippen molar-refractivity contribution in [1.29, 1.82) is 0 Å². The van der Waals surface area contributed by atoms with Crippen molar-refractivity contribution in [3.05, 3.63) is 33.5 Å². The fourth-order valence-electron chi connectivity index (χ4n) is 1.02. The van der Waals surface area contributed by atoms with Crippen molar-refractivity contribution in [1.82, 2.24) is 0 Å². The molecule has 0 unspecified atom stereocenters. The molecule has 76 valence electrons. The van der Waals surface area contributed by atoms with Gasteiger partial charge in [0.2, 0.25) is 0 Å². The fraction of sp³-hybridized carbons (Fsp3) is 0.300. The van der Waals surface area contributed by atoms with Crippen LogP contribution in [0.25, 0.3) is 0 Å². The van der Waals surface area contributed by atoms with Crippen molar-refractivity contribution in [2.45, 2.75) is 20.5 Å². The number of carbonyl (C=O) groups excluding carboxylic acids is 1. The number of aryl methyl sites for hydroxylation is 1. The van der Waals surface area contributed by atoms with Crippen LogP contribution in [-0.2, 0) is 16.1 Å². The first-order valence-corrected chi connectivity index (χ1v) is 4.88. The van der Waals surface area contributed by atoms with Crippen molar-refractivity contribution in [2.75, 3.05) is 0 Å². The van der Waals surface area contributed by atoms with Crippen LogP contribution in [0.2, 0.25) is 0 Å². The Morgan fingerprint density at radius 1 is 1.57 bits per heavy atom. The minimum atomic E-state index is -0.343. The maximum atomic E-state index is 13.0. The van der Waals surface area contributed by atoms with Gasteiger partial charge < -0.3 is 4.74 Å². The van der Waals surface area contributed by atoms with E-state index in [0.717, 1.165) is 11.1 Å². The molecule has 0 atom stereocenters. The summed E-state index contributed by atoms with van der Waals surface area (Å²) in [6.45, 7) is 3.29. The molecule has 0 aromatic heterocycles. The lowest BCUT2D eigenvalue weighted by Crippen LogP contribution is -2.01. The molecular formula is C10H10BrFO2. The van der Waals surface area contributed by atoms with E-state index in [2.05, 4.69) is 15.9 Å². The van der Waals surface area contributed by atoms with Crippen molar-refractivity contribution in [2.24, 2.45) is 0 Å². The van der Waals surface area contributed by atoms with E-state index in [-0.39, 0.29) is 18.4 Å². The fourth-order valence-corrected chi connectivity index (χ4v) is 1.41. The van der Waals surface area contributed by atoms with Crippen LogP contribution in [0.15, 0.2) is 16.6 Å². The quantitative estimate of drug-likeness (QED) is 0.765. The molecule has 0 aliphatic rings. The summed E-state index contributed by atoms with van der Waals surface area (Å²) in [4.78, 5) is 10.6. The van der Waals surface area contributed by atoms with Gasteiger partial charge in [0, 0.05) is 6.92 Å². The van der Waals surface area contributed by atoms with Crippen LogP contribution < -0.4 is 0 Å². The van der Waals surface area contributed by atoms with E-state index >= 15 is 0 Å². The van der Waals surface area contributed by atoms with E-state index in [4.69, 9.17) is 4.74 Å². The zero-order valence-corrected chi connectivity index (χ0v) is 9.52. The van der Waals surface area contributed by atoms with Crippen LogP contribution in [0.1, 0.15) is 18.1 Å². The van der Waals surface area contributed by atoms with E-state index in [0.29, 0.717) is 4.47 Å². The van der Waals surface area contributed by atoms with Crippen LogP contribution in [0, 0.1) is 12.7 Å². The lowest BCUT2D eigenvalue weighted by molar-refractivity contribution is -0.142. The third-order valence-electron chi connectivity index (χ3n) is 1.81. The number of esters is 1. The number of ether oxygens (including phenoxy) is 1. The highest BCUT2D eigenvalue weighted by atomic mass is 79.9. The van der Waals surface area contributed by atoms with Crippen LogP contribution in [0.3, 0.4) is 0 Å². The second-order valence-electron chi connectivity index (χ2n) is 2.97. The predicted molar refractivity (Wildman–Crippen MR) is 54.3 cm³/mol. The zero-order valence-electron chi connectivity index (χ0n) is 7.93. The standard InChI is InChI=1S/C10H10BrFO2/c1-6-3-10(12)9(11)4-8(6)5-14-7(2)13/h3-4H,5H2,1-2H3. The number of hydrogen-bond acceptors (Lipinski definition) is 2. The summed E-state index contributed by atoms with van der Waals surface area (Å²) in [5, 5.41) is 0. The minimum absolute atomic E-state index is 0.181. The summed E-state index contributed by atoms with van der Waals surface area (Å²) in [6.07, 6.45) is 0. The average molecular weight is 261 g/mol. The number of benzene rings is 1. The molecule has 0 heterocycles. The lowest BCUT2D eigenvalue weighted by atomic mass is 10.1. The number of hydrogen-bond donors (Lipinski definition) is 0. The molecule has 14 heavy (non-hydrogen) atoms. The van der Waals surface area contributed by atoms with Gasteiger partial charge in [-0.15, -0.1) is 0 Å². The summed E-state index contributed by atoms with van der Waals surface area (Å²) in [5.74, 6) is -0.654. The Morgan fingerprint density at radius 2 is 2.21 bits per heavy atom. The van der Waals surface area contributed by atoms with Crippen LogP contribution in [-0.4, -0.2) is 5.97 Å². The molecule has 2 nitrogen and oxygen atoms in total. The topological polar surface area (TPSA) is 26.3 Å². The Labute approximate surface area is 90.2 Å². The molecule has 0 amide bonds. The van der Waals surface area contributed by atoms with Gasteiger partial charge in [-0.1, -0.05) is 0 Å². The Balaban J connectivity index is 2.87. The highest BCUT2D eigenvalue weighted by Gasteiger charge is 2.06. The molecule has 0 aliphatic carbocycles. The second kappa shape index (κ2) is 4.55. The molecule has 1 aromatic carbocycles. The zero-order chi connectivity index (χ0) is 10.7. The molecular weight excluding hydrogens is 251 g/mol. The van der Waals surface area contributed by atoms with Gasteiger partial charge in [0.1, 0.15) is 12.4 Å². The molecule has 0 fully saturated rings. The van der Waals surface area contributed by atoms with Gasteiger partial charge in [-0.25, -0.2) is 4.39 Å². The summed E-state index contributed by atoms with van der Waals surface area (Å²) >= 11 is 3.07. The predicted octanol–water partition coefficient (Wildman–Crippen LogP) is 2.96. The maximum absolute atomic E-state index is 13.0. The highest BCUT2D eigenvalue weighted by molar-refractivity contribution is 9.10. The first-order valence-electron chi connectivity index (χ1n) is 4.08. The Hall–Kier alpha value is -0.900. The Morgan fingerprint density at radius 3 is 2.79 bits per heavy atom. The van der Waals surface area contributed by atoms with Crippen molar-refractivity contribution in [3.8, 4) is 0 Å². The summed E-state index contributed by atoms with van der Waals surface area (Å²) < 4.78 is 18.2. The maximum Gasteiger partial charge on any atom is 0.302 e. The van der Waals surface area contributed by atoms with Crippen molar-refractivity contribution in [3.63, 3.8) is 0 Å². The number of rotatable bonds is 2. The largest absolute Gasteiger partial charge is 0.461 e. The molecule has 0 saturated carbocycles. The first kappa shape index (κ1) is 11.2. The van der Waals surface area contributed by atoms with Crippen LogP contribution in [0.5, 0.6) is 0 Å². The molecule has 0 bridgehead atoms. The minimum Gasteiger partial charge on any atom is -0.461 e. The van der Waals surface area contributed by atoms with E-state index in [9.17, 15) is 9.18 Å². The summed E-state index contributed by atoms with van der Waals surface area (Å²) in [6, 6.07) is 3.02.